The monoisotopic (exact) mass is 519 g/mol. The van der Waals surface area contributed by atoms with Crippen molar-refractivity contribution < 1.29 is 17.9 Å². The molecule has 0 spiro atoms. The second-order valence-corrected chi connectivity index (χ2v) is 11.1. The largest absolute Gasteiger partial charge is 0.439 e. The molecule has 0 bridgehead atoms. The first-order valence-electron chi connectivity index (χ1n) is 12.0. The van der Waals surface area contributed by atoms with Gasteiger partial charge in [0.1, 0.15) is 11.4 Å². The number of hydrogen-bond acceptors (Lipinski definition) is 6. The number of carbonyl (C=O) groups excluding carboxylic acids is 1. The van der Waals surface area contributed by atoms with E-state index in [9.17, 15) is 13.2 Å². The van der Waals surface area contributed by atoms with Gasteiger partial charge in [-0.3, -0.25) is 9.10 Å². The summed E-state index contributed by atoms with van der Waals surface area (Å²) in [6, 6.07) is 17.5. The quantitative estimate of drug-likeness (QED) is 0.419. The van der Waals surface area contributed by atoms with Crippen molar-refractivity contribution in [1.29, 1.82) is 0 Å². The number of ether oxygens (including phenoxy) is 1. The van der Waals surface area contributed by atoms with Gasteiger partial charge in [0.2, 0.25) is 5.88 Å². The van der Waals surface area contributed by atoms with Gasteiger partial charge in [-0.2, -0.15) is 0 Å². The van der Waals surface area contributed by atoms with Crippen molar-refractivity contribution in [3.05, 3.63) is 78.1 Å². The first kappa shape index (κ1) is 24.8. The second-order valence-electron chi connectivity index (χ2n) is 9.09. The zero-order valence-electron chi connectivity index (χ0n) is 21.0. The van der Waals surface area contributed by atoms with Gasteiger partial charge < -0.3 is 19.5 Å². The summed E-state index contributed by atoms with van der Waals surface area (Å²) in [5, 5.41) is 4.15. The predicted molar refractivity (Wildman–Crippen MR) is 143 cm³/mol. The molecule has 0 atom stereocenters. The van der Waals surface area contributed by atoms with Crippen LogP contribution in [0.3, 0.4) is 0 Å². The maximum absolute atomic E-state index is 13.0. The number of pyridine rings is 1. The first-order chi connectivity index (χ1) is 17.7. The highest BCUT2D eigenvalue weighted by molar-refractivity contribution is 7.92. The highest BCUT2D eigenvalue weighted by Gasteiger charge is 2.23. The minimum atomic E-state index is -3.71. The number of fused-ring (bicyclic) bond motifs is 1. The lowest BCUT2D eigenvalue weighted by molar-refractivity contribution is 0.0726. The Hall–Kier alpha value is -3.89. The fraction of sp³-hybridized carbons (Fsp3) is 0.259. The zero-order valence-corrected chi connectivity index (χ0v) is 21.8. The van der Waals surface area contributed by atoms with Crippen LogP contribution < -0.4 is 14.4 Å². The number of nitrogens with zero attached hydrogens (tertiary/aromatic N) is 4. The smallest absolute Gasteiger partial charge is 0.270 e. The maximum atomic E-state index is 13.0. The molecular formula is C27H29N5O4S. The minimum Gasteiger partial charge on any atom is -0.439 e. The van der Waals surface area contributed by atoms with Crippen molar-refractivity contribution in [2.24, 2.45) is 7.05 Å². The van der Waals surface area contributed by atoms with Crippen molar-refractivity contribution in [2.45, 2.75) is 11.8 Å². The number of amides is 1. The number of piperazine rings is 1. The standard InChI is InChI=1S/C27H29N5O4S/c1-19-4-8-23(9-5-19)37(34,35)31(3)21-6-11-26(29-18-21)36-22-7-10-24-20(16-22)17-25(30(24)2)27(33)32-14-12-28-13-15-32/h4-11,16-18,28H,12-15H2,1-3H3. The molecule has 1 N–H and O–H groups in total. The number of nitrogens with one attached hydrogen (secondary N) is 1. The molecule has 4 aromatic rings. The van der Waals surface area contributed by atoms with Gasteiger partial charge in [-0.1, -0.05) is 17.7 Å². The van der Waals surface area contributed by atoms with Crippen LogP contribution in [0.25, 0.3) is 10.9 Å². The molecule has 2 aromatic carbocycles. The predicted octanol–water partition coefficient (Wildman–Crippen LogP) is 3.54. The van der Waals surface area contributed by atoms with Crippen LogP contribution in [-0.2, 0) is 17.1 Å². The molecular weight excluding hydrogens is 490 g/mol. The molecule has 3 heterocycles. The summed E-state index contributed by atoms with van der Waals surface area (Å²) in [5.41, 5.74) is 2.97. The van der Waals surface area contributed by atoms with Gasteiger partial charge in [0.05, 0.1) is 16.8 Å². The molecule has 2 aromatic heterocycles. The van der Waals surface area contributed by atoms with Gasteiger partial charge in [0.15, 0.2) is 0 Å². The molecule has 37 heavy (non-hydrogen) atoms. The van der Waals surface area contributed by atoms with Crippen molar-refractivity contribution in [3.8, 4) is 11.6 Å². The number of hydrogen-bond donors (Lipinski definition) is 1. The van der Waals surface area contributed by atoms with E-state index in [1.807, 2.05) is 47.7 Å². The Labute approximate surface area is 216 Å². The molecule has 1 amide bonds. The van der Waals surface area contributed by atoms with Crippen molar-refractivity contribution >= 4 is 32.5 Å². The van der Waals surface area contributed by atoms with Crippen LogP contribution in [0.1, 0.15) is 16.1 Å². The molecule has 0 unspecified atom stereocenters. The van der Waals surface area contributed by atoms with E-state index in [-0.39, 0.29) is 10.8 Å². The zero-order chi connectivity index (χ0) is 26.2. The number of aryl methyl sites for hydroxylation is 2. The topological polar surface area (TPSA) is 96.8 Å². The Morgan fingerprint density at radius 2 is 1.76 bits per heavy atom. The second kappa shape index (κ2) is 9.87. The Morgan fingerprint density at radius 3 is 2.43 bits per heavy atom. The lowest BCUT2D eigenvalue weighted by Crippen LogP contribution is -2.46. The third-order valence-electron chi connectivity index (χ3n) is 6.62. The summed E-state index contributed by atoms with van der Waals surface area (Å²) < 4.78 is 35.0. The maximum Gasteiger partial charge on any atom is 0.270 e. The lowest BCUT2D eigenvalue weighted by Gasteiger charge is -2.27. The van der Waals surface area contributed by atoms with Gasteiger partial charge in [0, 0.05) is 57.2 Å². The van der Waals surface area contributed by atoms with Crippen LogP contribution in [0.5, 0.6) is 11.6 Å². The average Bonchev–Trinajstić information content (AvgIpc) is 3.24. The lowest BCUT2D eigenvalue weighted by atomic mass is 10.2. The van der Waals surface area contributed by atoms with E-state index in [1.165, 1.54) is 17.5 Å². The van der Waals surface area contributed by atoms with Crippen LogP contribution in [0.2, 0.25) is 0 Å². The average molecular weight is 520 g/mol. The normalized spacial score (nSPS) is 14.1. The van der Waals surface area contributed by atoms with Gasteiger partial charge in [-0.05, 0) is 49.4 Å². The Balaban J connectivity index is 1.33. The molecule has 9 nitrogen and oxygen atoms in total. The van der Waals surface area contributed by atoms with E-state index in [1.54, 1.807) is 36.4 Å². The van der Waals surface area contributed by atoms with E-state index in [4.69, 9.17) is 4.74 Å². The van der Waals surface area contributed by atoms with Crippen LogP contribution in [0.15, 0.2) is 71.8 Å². The number of anilines is 1. The summed E-state index contributed by atoms with van der Waals surface area (Å²) in [6.07, 6.45) is 1.46. The van der Waals surface area contributed by atoms with E-state index in [2.05, 4.69) is 10.3 Å². The summed E-state index contributed by atoms with van der Waals surface area (Å²) in [4.78, 5) is 19.4. The van der Waals surface area contributed by atoms with Gasteiger partial charge in [-0.15, -0.1) is 0 Å². The van der Waals surface area contributed by atoms with Crippen LogP contribution >= 0.6 is 0 Å². The molecule has 1 saturated heterocycles. The molecule has 0 saturated carbocycles. The fourth-order valence-electron chi connectivity index (χ4n) is 4.37. The van der Waals surface area contributed by atoms with Crippen molar-refractivity contribution in [3.63, 3.8) is 0 Å². The van der Waals surface area contributed by atoms with E-state index in [0.717, 1.165) is 29.6 Å². The SMILES string of the molecule is Cc1ccc(S(=O)(=O)N(C)c2ccc(Oc3ccc4c(c3)cc(C(=O)N3CCNCC3)n4C)nc2)cc1. The van der Waals surface area contributed by atoms with Crippen LogP contribution in [0, 0.1) is 6.92 Å². The first-order valence-corrected chi connectivity index (χ1v) is 13.5. The van der Waals surface area contributed by atoms with E-state index in [0.29, 0.717) is 36.1 Å². The highest BCUT2D eigenvalue weighted by Crippen LogP contribution is 2.29. The third-order valence-corrected chi connectivity index (χ3v) is 8.42. The fourth-order valence-corrected chi connectivity index (χ4v) is 5.55. The summed E-state index contributed by atoms with van der Waals surface area (Å²) in [6.45, 7) is 4.89. The Bertz CT molecular complexity index is 1540. The van der Waals surface area contributed by atoms with E-state index < -0.39 is 10.0 Å². The summed E-state index contributed by atoms with van der Waals surface area (Å²) in [7, 11) is -0.322. The minimum absolute atomic E-state index is 0.0182. The van der Waals surface area contributed by atoms with Gasteiger partial charge >= 0.3 is 0 Å². The molecule has 192 valence electrons. The van der Waals surface area contributed by atoms with E-state index >= 15 is 0 Å². The number of carbonyl (C=O) groups is 1. The highest BCUT2D eigenvalue weighted by atomic mass is 32.2. The summed E-state index contributed by atoms with van der Waals surface area (Å²) >= 11 is 0. The number of sulfonamides is 1. The molecule has 0 radical (unpaired) electrons. The third kappa shape index (κ3) is 4.90. The van der Waals surface area contributed by atoms with Gasteiger partial charge in [0.25, 0.3) is 15.9 Å². The van der Waals surface area contributed by atoms with Gasteiger partial charge in [-0.25, -0.2) is 13.4 Å². The number of rotatable bonds is 6. The molecule has 10 heteroatoms. The Morgan fingerprint density at radius 1 is 1.03 bits per heavy atom. The molecule has 1 fully saturated rings. The Kier molecular flexibility index (Phi) is 6.61. The molecule has 1 aliphatic rings. The number of benzene rings is 2. The molecule has 1 aliphatic heterocycles. The van der Waals surface area contributed by atoms with Crippen molar-refractivity contribution in [2.75, 3.05) is 37.5 Å². The number of aromatic nitrogens is 2. The van der Waals surface area contributed by atoms with Crippen LogP contribution in [0.4, 0.5) is 5.69 Å². The molecule has 5 rings (SSSR count). The summed E-state index contributed by atoms with van der Waals surface area (Å²) in [5.74, 6) is 0.919. The van der Waals surface area contributed by atoms with Crippen LogP contribution in [-0.4, -0.2) is 62.0 Å². The van der Waals surface area contributed by atoms with Crippen molar-refractivity contribution in [1.82, 2.24) is 19.8 Å². The molecule has 0 aliphatic carbocycles.